The fourth-order valence-electron chi connectivity index (χ4n) is 4.47. The second kappa shape index (κ2) is 8.78. The Balaban J connectivity index is 1.29. The Hall–Kier alpha value is -3.94. The van der Waals surface area contributed by atoms with Crippen molar-refractivity contribution in [2.24, 2.45) is 5.92 Å². The molecule has 5 rings (SSSR count). The maximum atomic E-state index is 12.8. The number of imide groups is 1. The number of urea groups is 1. The third-order valence-electron chi connectivity index (χ3n) is 6.54. The number of amides is 4. The zero-order valence-corrected chi connectivity index (χ0v) is 19.0. The molecule has 174 valence electrons. The summed E-state index contributed by atoms with van der Waals surface area (Å²) < 4.78 is 1.86. The third-order valence-corrected chi connectivity index (χ3v) is 6.54. The van der Waals surface area contributed by atoms with Crippen molar-refractivity contribution in [2.45, 2.75) is 38.4 Å². The number of carbonyl (C=O) groups excluding carboxylic acids is 3. The summed E-state index contributed by atoms with van der Waals surface area (Å²) in [5.74, 6) is -0.560. The van der Waals surface area contributed by atoms with Gasteiger partial charge in [0.1, 0.15) is 12.1 Å². The van der Waals surface area contributed by atoms with Crippen LogP contribution in [-0.2, 0) is 22.7 Å². The van der Waals surface area contributed by atoms with E-state index in [1.165, 1.54) is 0 Å². The summed E-state index contributed by atoms with van der Waals surface area (Å²) >= 11 is 0. The van der Waals surface area contributed by atoms with Gasteiger partial charge in [0.15, 0.2) is 0 Å². The van der Waals surface area contributed by atoms with E-state index in [4.69, 9.17) is 5.10 Å². The SMILES string of the molecule is CC1(C2CC2)NC(=O)N(CC(=O)NCc2cn(Cc3ccccc3)nc2-c2ccccc2)C1=O. The van der Waals surface area contributed by atoms with E-state index in [0.717, 1.165) is 40.1 Å². The predicted octanol–water partition coefficient (Wildman–Crippen LogP) is 2.94. The summed E-state index contributed by atoms with van der Waals surface area (Å²) in [5, 5.41) is 10.4. The van der Waals surface area contributed by atoms with Crippen molar-refractivity contribution >= 4 is 17.8 Å². The molecular weight excluding hydrogens is 430 g/mol. The lowest BCUT2D eigenvalue weighted by Gasteiger charge is -2.20. The van der Waals surface area contributed by atoms with Crippen LogP contribution < -0.4 is 10.6 Å². The second-order valence-electron chi connectivity index (χ2n) is 9.13. The lowest BCUT2D eigenvalue weighted by molar-refractivity contribution is -0.135. The van der Waals surface area contributed by atoms with Gasteiger partial charge in [0, 0.05) is 23.9 Å². The van der Waals surface area contributed by atoms with Crippen LogP contribution in [0.15, 0.2) is 66.9 Å². The van der Waals surface area contributed by atoms with Crippen molar-refractivity contribution in [3.05, 3.63) is 78.0 Å². The highest BCUT2D eigenvalue weighted by molar-refractivity contribution is 6.09. The predicted molar refractivity (Wildman–Crippen MR) is 126 cm³/mol. The van der Waals surface area contributed by atoms with Crippen LogP contribution in [-0.4, -0.2) is 44.6 Å². The zero-order chi connectivity index (χ0) is 23.7. The maximum Gasteiger partial charge on any atom is 0.325 e. The van der Waals surface area contributed by atoms with Crippen molar-refractivity contribution in [1.29, 1.82) is 0 Å². The standard InChI is InChI=1S/C26H27N5O3/c1-26(21-12-13-21)24(33)31(25(34)28-26)17-22(32)27-14-20-16-30(15-18-8-4-2-5-9-18)29-23(20)19-10-6-3-7-11-19/h2-11,16,21H,12-15,17H2,1H3,(H,27,32)(H,28,34). The first-order chi connectivity index (χ1) is 16.4. The van der Waals surface area contributed by atoms with E-state index in [1.54, 1.807) is 6.92 Å². The number of benzene rings is 2. The molecule has 1 aliphatic heterocycles. The van der Waals surface area contributed by atoms with Gasteiger partial charge < -0.3 is 10.6 Å². The molecule has 1 saturated heterocycles. The minimum absolute atomic E-state index is 0.154. The van der Waals surface area contributed by atoms with Gasteiger partial charge in [-0.25, -0.2) is 4.79 Å². The summed E-state index contributed by atoms with van der Waals surface area (Å²) in [7, 11) is 0. The molecule has 2 fully saturated rings. The normalized spacial score (nSPS) is 19.9. The van der Waals surface area contributed by atoms with Crippen LogP contribution in [0.3, 0.4) is 0 Å². The summed E-state index contributed by atoms with van der Waals surface area (Å²) in [5.41, 5.74) is 2.82. The van der Waals surface area contributed by atoms with Gasteiger partial charge in [-0.05, 0) is 31.2 Å². The molecule has 4 amide bonds. The summed E-state index contributed by atoms with van der Waals surface area (Å²) in [6.07, 6.45) is 3.75. The molecule has 1 unspecified atom stereocenters. The average Bonchev–Trinajstić information content (AvgIpc) is 3.59. The smallest absolute Gasteiger partial charge is 0.325 e. The van der Waals surface area contributed by atoms with E-state index in [1.807, 2.05) is 71.5 Å². The molecule has 0 bridgehead atoms. The number of hydrogen-bond donors (Lipinski definition) is 2. The molecule has 2 heterocycles. The van der Waals surface area contributed by atoms with Gasteiger partial charge in [0.05, 0.1) is 12.2 Å². The fraction of sp³-hybridized carbons (Fsp3) is 0.308. The van der Waals surface area contributed by atoms with E-state index in [9.17, 15) is 14.4 Å². The zero-order valence-electron chi connectivity index (χ0n) is 19.0. The summed E-state index contributed by atoms with van der Waals surface area (Å²) in [6.45, 7) is 2.29. The van der Waals surface area contributed by atoms with Crippen LogP contribution in [0.4, 0.5) is 4.79 Å². The Labute approximate surface area is 197 Å². The second-order valence-corrected chi connectivity index (χ2v) is 9.13. The molecule has 2 aliphatic rings. The molecule has 2 aromatic carbocycles. The van der Waals surface area contributed by atoms with Gasteiger partial charge in [-0.1, -0.05) is 60.7 Å². The Morgan fingerprint density at radius 2 is 1.76 bits per heavy atom. The van der Waals surface area contributed by atoms with Crippen LogP contribution in [0.5, 0.6) is 0 Å². The lowest BCUT2D eigenvalue weighted by Crippen LogP contribution is -2.46. The third kappa shape index (κ3) is 4.31. The number of carbonyl (C=O) groups is 3. The van der Waals surface area contributed by atoms with Gasteiger partial charge in [-0.3, -0.25) is 19.2 Å². The molecular formula is C26H27N5O3. The number of aromatic nitrogens is 2. The summed E-state index contributed by atoms with van der Waals surface area (Å²) in [4.78, 5) is 38.9. The van der Waals surface area contributed by atoms with E-state index in [-0.39, 0.29) is 24.9 Å². The molecule has 0 spiro atoms. The van der Waals surface area contributed by atoms with Gasteiger partial charge >= 0.3 is 6.03 Å². The van der Waals surface area contributed by atoms with Crippen molar-refractivity contribution in [3.8, 4) is 11.3 Å². The molecule has 1 atom stereocenters. The van der Waals surface area contributed by atoms with Crippen molar-refractivity contribution in [3.63, 3.8) is 0 Å². The van der Waals surface area contributed by atoms with Crippen LogP contribution in [0.1, 0.15) is 30.9 Å². The number of rotatable bonds is 8. The van der Waals surface area contributed by atoms with E-state index >= 15 is 0 Å². The molecule has 1 aromatic heterocycles. The first-order valence-corrected chi connectivity index (χ1v) is 11.5. The van der Waals surface area contributed by atoms with E-state index in [2.05, 4.69) is 10.6 Å². The van der Waals surface area contributed by atoms with Gasteiger partial charge in [0.25, 0.3) is 5.91 Å². The minimum atomic E-state index is -0.892. The Kier molecular flexibility index (Phi) is 5.65. The van der Waals surface area contributed by atoms with Crippen molar-refractivity contribution in [1.82, 2.24) is 25.3 Å². The molecule has 1 aliphatic carbocycles. The van der Waals surface area contributed by atoms with Crippen LogP contribution >= 0.6 is 0 Å². The summed E-state index contributed by atoms with van der Waals surface area (Å²) in [6, 6.07) is 19.3. The number of nitrogens with zero attached hydrogens (tertiary/aromatic N) is 3. The van der Waals surface area contributed by atoms with Gasteiger partial charge in [-0.2, -0.15) is 5.10 Å². The molecule has 8 nitrogen and oxygen atoms in total. The Morgan fingerprint density at radius 1 is 1.09 bits per heavy atom. The van der Waals surface area contributed by atoms with Crippen LogP contribution in [0.25, 0.3) is 11.3 Å². The Morgan fingerprint density at radius 3 is 2.44 bits per heavy atom. The Bertz CT molecular complexity index is 1220. The highest BCUT2D eigenvalue weighted by Crippen LogP contribution is 2.42. The molecule has 3 aromatic rings. The monoisotopic (exact) mass is 457 g/mol. The van der Waals surface area contributed by atoms with Crippen LogP contribution in [0, 0.1) is 5.92 Å². The maximum absolute atomic E-state index is 12.8. The lowest BCUT2D eigenvalue weighted by atomic mass is 9.96. The average molecular weight is 458 g/mol. The molecule has 8 heteroatoms. The topological polar surface area (TPSA) is 96.3 Å². The molecule has 2 N–H and O–H groups in total. The highest BCUT2D eigenvalue weighted by atomic mass is 16.2. The number of nitrogens with one attached hydrogen (secondary N) is 2. The highest BCUT2D eigenvalue weighted by Gasteiger charge is 2.56. The number of hydrogen-bond acceptors (Lipinski definition) is 4. The minimum Gasteiger partial charge on any atom is -0.350 e. The van der Waals surface area contributed by atoms with E-state index in [0.29, 0.717) is 6.54 Å². The fourth-order valence-corrected chi connectivity index (χ4v) is 4.47. The van der Waals surface area contributed by atoms with E-state index < -0.39 is 17.5 Å². The molecule has 1 saturated carbocycles. The van der Waals surface area contributed by atoms with Gasteiger partial charge in [-0.15, -0.1) is 0 Å². The van der Waals surface area contributed by atoms with Crippen molar-refractivity contribution in [2.75, 3.05) is 6.54 Å². The van der Waals surface area contributed by atoms with Crippen LogP contribution in [0.2, 0.25) is 0 Å². The largest absolute Gasteiger partial charge is 0.350 e. The molecule has 34 heavy (non-hydrogen) atoms. The quantitative estimate of drug-likeness (QED) is 0.509. The first-order valence-electron chi connectivity index (χ1n) is 11.5. The van der Waals surface area contributed by atoms with Crippen molar-refractivity contribution < 1.29 is 14.4 Å². The molecule has 0 radical (unpaired) electrons. The first kappa shape index (κ1) is 21.9. The van der Waals surface area contributed by atoms with Gasteiger partial charge in [0.2, 0.25) is 5.91 Å².